The Hall–Kier alpha value is -1.65. The number of nitrogens with two attached hydrogens (primary N) is 1. The highest BCUT2D eigenvalue weighted by atomic mass is 19.1. The van der Waals surface area contributed by atoms with Gasteiger partial charge in [-0.1, -0.05) is 13.8 Å². The van der Waals surface area contributed by atoms with E-state index in [1.807, 2.05) is 13.8 Å². The third-order valence-electron chi connectivity index (χ3n) is 1.85. The first-order chi connectivity index (χ1) is 7.41. The average Bonchev–Trinajstić information content (AvgIpc) is 2.20. The first-order valence-electron chi connectivity index (χ1n) is 4.83. The predicted molar refractivity (Wildman–Crippen MR) is 55.9 cm³/mol. The van der Waals surface area contributed by atoms with Gasteiger partial charge in [0.05, 0.1) is 17.9 Å². The van der Waals surface area contributed by atoms with Crippen LogP contribution < -0.4 is 5.73 Å². The normalized spacial score (nSPS) is 10.6. The van der Waals surface area contributed by atoms with Gasteiger partial charge in [-0.15, -0.1) is 0 Å². The summed E-state index contributed by atoms with van der Waals surface area (Å²) < 4.78 is 30.8. The van der Waals surface area contributed by atoms with E-state index in [1.54, 1.807) is 0 Å². The molecule has 0 amide bonds. The number of hydrogen-bond donors (Lipinski definition) is 1. The fourth-order valence-electron chi connectivity index (χ4n) is 1.04. The Labute approximate surface area is 92.2 Å². The Bertz CT molecular complexity index is 405. The summed E-state index contributed by atoms with van der Waals surface area (Å²) in [5, 5.41) is 0. The largest absolute Gasteiger partial charge is 0.462 e. The molecule has 2 N–H and O–H groups in total. The molecule has 0 bridgehead atoms. The zero-order chi connectivity index (χ0) is 12.3. The standard InChI is InChI=1S/C11H13F2NO2/c1-6(2)5-16-11(15)7-3-10(14)9(13)4-8(7)12/h3-4,6H,5,14H2,1-2H3. The number of rotatable bonds is 3. The predicted octanol–water partition coefficient (Wildman–Crippen LogP) is 2.36. The quantitative estimate of drug-likeness (QED) is 0.639. The molecule has 0 fully saturated rings. The number of nitrogen functional groups attached to an aromatic ring is 1. The van der Waals surface area contributed by atoms with Crippen molar-refractivity contribution in [3.63, 3.8) is 0 Å². The maximum Gasteiger partial charge on any atom is 0.341 e. The molecule has 0 aliphatic heterocycles. The van der Waals surface area contributed by atoms with Gasteiger partial charge in [0.25, 0.3) is 0 Å². The van der Waals surface area contributed by atoms with Crippen molar-refractivity contribution in [2.75, 3.05) is 12.3 Å². The van der Waals surface area contributed by atoms with Crippen LogP contribution in [0.3, 0.4) is 0 Å². The Morgan fingerprint density at radius 1 is 1.38 bits per heavy atom. The summed E-state index contributed by atoms with van der Waals surface area (Å²) in [6.45, 7) is 3.88. The van der Waals surface area contributed by atoms with Gasteiger partial charge in [0, 0.05) is 6.07 Å². The average molecular weight is 229 g/mol. The third-order valence-corrected chi connectivity index (χ3v) is 1.85. The van der Waals surface area contributed by atoms with Crippen molar-refractivity contribution >= 4 is 11.7 Å². The van der Waals surface area contributed by atoms with E-state index in [-0.39, 0.29) is 23.8 Å². The van der Waals surface area contributed by atoms with Gasteiger partial charge < -0.3 is 10.5 Å². The summed E-state index contributed by atoms with van der Waals surface area (Å²) >= 11 is 0. The van der Waals surface area contributed by atoms with Gasteiger partial charge >= 0.3 is 5.97 Å². The molecule has 0 spiro atoms. The van der Waals surface area contributed by atoms with E-state index in [0.29, 0.717) is 6.07 Å². The van der Waals surface area contributed by atoms with Crippen molar-refractivity contribution in [2.45, 2.75) is 13.8 Å². The van der Waals surface area contributed by atoms with Crippen molar-refractivity contribution in [1.82, 2.24) is 0 Å². The number of carbonyl (C=O) groups is 1. The lowest BCUT2D eigenvalue weighted by Gasteiger charge is -2.08. The zero-order valence-electron chi connectivity index (χ0n) is 9.09. The number of hydrogen-bond acceptors (Lipinski definition) is 3. The number of anilines is 1. The SMILES string of the molecule is CC(C)COC(=O)c1cc(N)c(F)cc1F. The monoisotopic (exact) mass is 229 g/mol. The number of esters is 1. The first kappa shape index (κ1) is 12.4. The van der Waals surface area contributed by atoms with E-state index in [9.17, 15) is 13.6 Å². The summed E-state index contributed by atoms with van der Waals surface area (Å²) in [5.74, 6) is -2.55. The molecule has 0 unspecified atom stereocenters. The highest BCUT2D eigenvalue weighted by molar-refractivity contribution is 5.90. The lowest BCUT2D eigenvalue weighted by Crippen LogP contribution is -2.12. The molecule has 1 aromatic carbocycles. The second kappa shape index (κ2) is 4.92. The van der Waals surface area contributed by atoms with Crippen LogP contribution in [-0.4, -0.2) is 12.6 Å². The van der Waals surface area contributed by atoms with E-state index < -0.39 is 17.6 Å². The smallest absolute Gasteiger partial charge is 0.341 e. The zero-order valence-corrected chi connectivity index (χ0v) is 9.09. The third kappa shape index (κ3) is 2.92. The van der Waals surface area contributed by atoms with Crippen LogP contribution in [0.25, 0.3) is 0 Å². The van der Waals surface area contributed by atoms with E-state index >= 15 is 0 Å². The van der Waals surface area contributed by atoms with E-state index in [0.717, 1.165) is 6.07 Å². The van der Waals surface area contributed by atoms with Gasteiger partial charge in [-0.05, 0) is 12.0 Å². The molecular weight excluding hydrogens is 216 g/mol. The molecule has 3 nitrogen and oxygen atoms in total. The van der Waals surface area contributed by atoms with Crippen molar-refractivity contribution in [3.8, 4) is 0 Å². The Balaban J connectivity index is 2.87. The summed E-state index contributed by atoms with van der Waals surface area (Å²) in [6, 6.07) is 1.51. The molecule has 0 saturated heterocycles. The van der Waals surface area contributed by atoms with Crippen LogP contribution >= 0.6 is 0 Å². The highest BCUT2D eigenvalue weighted by Gasteiger charge is 2.16. The summed E-state index contributed by atoms with van der Waals surface area (Å²) in [6.07, 6.45) is 0. The Morgan fingerprint density at radius 2 is 2.00 bits per heavy atom. The van der Waals surface area contributed by atoms with Gasteiger partial charge in [0.2, 0.25) is 0 Å². The molecule has 0 heterocycles. The molecule has 0 saturated carbocycles. The van der Waals surface area contributed by atoms with Crippen molar-refractivity contribution in [1.29, 1.82) is 0 Å². The second-order valence-electron chi connectivity index (χ2n) is 3.85. The van der Waals surface area contributed by atoms with E-state index in [2.05, 4.69) is 0 Å². The van der Waals surface area contributed by atoms with Crippen molar-refractivity contribution < 1.29 is 18.3 Å². The highest BCUT2D eigenvalue weighted by Crippen LogP contribution is 2.17. The maximum atomic E-state index is 13.2. The van der Waals surface area contributed by atoms with Gasteiger partial charge in [0.1, 0.15) is 11.6 Å². The van der Waals surface area contributed by atoms with Crippen LogP contribution in [0.5, 0.6) is 0 Å². The Kier molecular flexibility index (Phi) is 3.82. The number of benzene rings is 1. The molecule has 0 aliphatic carbocycles. The Morgan fingerprint density at radius 3 is 2.56 bits per heavy atom. The minimum atomic E-state index is -0.972. The molecule has 1 rings (SSSR count). The van der Waals surface area contributed by atoms with E-state index in [4.69, 9.17) is 10.5 Å². The molecule has 0 atom stereocenters. The minimum absolute atomic E-state index is 0.143. The maximum absolute atomic E-state index is 13.2. The topological polar surface area (TPSA) is 52.3 Å². The number of ether oxygens (including phenoxy) is 1. The van der Waals surface area contributed by atoms with Crippen LogP contribution in [0.4, 0.5) is 14.5 Å². The van der Waals surface area contributed by atoms with E-state index in [1.165, 1.54) is 0 Å². The molecular formula is C11H13F2NO2. The molecule has 88 valence electrons. The van der Waals surface area contributed by atoms with Crippen molar-refractivity contribution in [2.24, 2.45) is 5.92 Å². The van der Waals surface area contributed by atoms with Crippen LogP contribution in [-0.2, 0) is 4.74 Å². The number of halogens is 2. The summed E-state index contributed by atoms with van der Waals surface area (Å²) in [4.78, 5) is 11.4. The van der Waals surface area contributed by atoms with Crippen molar-refractivity contribution in [3.05, 3.63) is 29.3 Å². The molecule has 0 aromatic heterocycles. The fourth-order valence-corrected chi connectivity index (χ4v) is 1.04. The fraction of sp³-hybridized carbons (Fsp3) is 0.364. The minimum Gasteiger partial charge on any atom is -0.462 e. The molecule has 0 aliphatic rings. The van der Waals surface area contributed by atoms with Crippen LogP contribution in [0, 0.1) is 17.6 Å². The second-order valence-corrected chi connectivity index (χ2v) is 3.85. The van der Waals surface area contributed by atoms with Gasteiger partial charge in [-0.3, -0.25) is 0 Å². The van der Waals surface area contributed by atoms with Gasteiger partial charge in [-0.25, -0.2) is 13.6 Å². The summed E-state index contributed by atoms with van der Waals surface area (Å²) in [5.41, 5.74) is 4.61. The van der Waals surface area contributed by atoms with Crippen LogP contribution in [0.1, 0.15) is 24.2 Å². The van der Waals surface area contributed by atoms with Crippen LogP contribution in [0.15, 0.2) is 12.1 Å². The number of carbonyl (C=O) groups excluding carboxylic acids is 1. The van der Waals surface area contributed by atoms with Gasteiger partial charge in [0.15, 0.2) is 0 Å². The summed E-state index contributed by atoms with van der Waals surface area (Å²) in [7, 11) is 0. The lowest BCUT2D eigenvalue weighted by atomic mass is 10.2. The molecule has 1 aromatic rings. The molecule has 16 heavy (non-hydrogen) atoms. The molecule has 5 heteroatoms. The molecule has 0 radical (unpaired) electrons. The van der Waals surface area contributed by atoms with Gasteiger partial charge in [-0.2, -0.15) is 0 Å². The van der Waals surface area contributed by atoms with Crippen LogP contribution in [0.2, 0.25) is 0 Å². The lowest BCUT2D eigenvalue weighted by molar-refractivity contribution is 0.0453. The first-order valence-corrected chi connectivity index (χ1v) is 4.83.